The van der Waals surface area contributed by atoms with Crippen molar-refractivity contribution in [2.45, 2.75) is 27.0 Å². The van der Waals surface area contributed by atoms with E-state index in [-0.39, 0.29) is 5.97 Å². The van der Waals surface area contributed by atoms with E-state index < -0.39 is 6.23 Å². The molecule has 0 aliphatic rings. The maximum Gasteiger partial charge on any atom is 0.304 e. The first kappa shape index (κ1) is 16.5. The van der Waals surface area contributed by atoms with Gasteiger partial charge in [0.15, 0.2) is 6.23 Å². The van der Waals surface area contributed by atoms with Crippen LogP contribution < -0.4 is 11.2 Å². The van der Waals surface area contributed by atoms with E-state index in [0.717, 1.165) is 27.9 Å². The summed E-state index contributed by atoms with van der Waals surface area (Å²) in [6.45, 7) is 5.43. The van der Waals surface area contributed by atoms with E-state index in [1.54, 1.807) is 6.21 Å². The summed E-state index contributed by atoms with van der Waals surface area (Å²) in [6, 6.07) is 13.6. The molecule has 0 radical (unpaired) electrons. The highest BCUT2D eigenvalue weighted by Crippen LogP contribution is 2.23. The molecule has 0 saturated heterocycles. The summed E-state index contributed by atoms with van der Waals surface area (Å²) in [6.07, 6.45) is 1.03. The van der Waals surface area contributed by atoms with Crippen molar-refractivity contribution < 1.29 is 9.53 Å². The lowest BCUT2D eigenvalue weighted by Gasteiger charge is -2.21. The van der Waals surface area contributed by atoms with E-state index in [1.807, 2.05) is 50.2 Å². The normalized spacial score (nSPS) is 12.1. The molecule has 5 heteroatoms. The Hall–Kier alpha value is -2.82. The van der Waals surface area contributed by atoms with Crippen LogP contribution in [0.5, 0.6) is 0 Å². The van der Waals surface area contributed by atoms with Crippen LogP contribution in [0.1, 0.15) is 35.4 Å². The van der Waals surface area contributed by atoms with E-state index in [0.29, 0.717) is 0 Å². The zero-order chi connectivity index (χ0) is 16.8. The molecule has 0 aromatic heterocycles. The molecule has 1 atom stereocenters. The molecule has 0 aliphatic carbocycles. The summed E-state index contributed by atoms with van der Waals surface area (Å²) in [5.74, 6) is 4.80. The molecule has 3 N–H and O–H groups in total. The molecule has 0 amide bonds. The Morgan fingerprint density at radius 1 is 1.17 bits per heavy atom. The summed E-state index contributed by atoms with van der Waals surface area (Å²) < 4.78 is 5.43. The van der Waals surface area contributed by atoms with Gasteiger partial charge in [0.05, 0.1) is 6.21 Å². The van der Waals surface area contributed by atoms with Crippen molar-refractivity contribution in [2.75, 3.05) is 5.32 Å². The Morgan fingerprint density at radius 2 is 1.78 bits per heavy atom. The third kappa shape index (κ3) is 4.85. The Balaban J connectivity index is 2.26. The van der Waals surface area contributed by atoms with Gasteiger partial charge in [-0.05, 0) is 31.5 Å². The lowest BCUT2D eigenvalue weighted by Crippen LogP contribution is -2.17. The molecule has 2 aromatic carbocycles. The van der Waals surface area contributed by atoms with Crippen LogP contribution in [0.2, 0.25) is 0 Å². The summed E-state index contributed by atoms with van der Waals surface area (Å²) in [7, 11) is 0. The van der Waals surface area contributed by atoms with Gasteiger partial charge in [0, 0.05) is 18.2 Å². The van der Waals surface area contributed by atoms with Crippen molar-refractivity contribution in [2.24, 2.45) is 10.9 Å². The molecule has 23 heavy (non-hydrogen) atoms. The Bertz CT molecular complexity index is 688. The first-order valence-corrected chi connectivity index (χ1v) is 7.33. The van der Waals surface area contributed by atoms with Gasteiger partial charge in [-0.2, -0.15) is 5.10 Å². The highest BCUT2D eigenvalue weighted by Gasteiger charge is 2.15. The van der Waals surface area contributed by atoms with Gasteiger partial charge in [0.1, 0.15) is 0 Å². The highest BCUT2D eigenvalue weighted by molar-refractivity contribution is 5.80. The van der Waals surface area contributed by atoms with Crippen molar-refractivity contribution in [3.8, 4) is 0 Å². The lowest BCUT2D eigenvalue weighted by molar-refractivity contribution is -0.145. The average Bonchev–Trinajstić information content (AvgIpc) is 2.47. The summed E-state index contributed by atoms with van der Waals surface area (Å²) in [5, 5.41) is 6.72. The number of hydrogen-bond acceptors (Lipinski definition) is 5. The van der Waals surface area contributed by atoms with Gasteiger partial charge >= 0.3 is 5.97 Å². The smallest absolute Gasteiger partial charge is 0.304 e. The molecular formula is C18H21N3O2. The molecule has 120 valence electrons. The molecule has 0 aliphatic heterocycles. The van der Waals surface area contributed by atoms with Crippen molar-refractivity contribution in [1.82, 2.24) is 0 Å². The van der Waals surface area contributed by atoms with Gasteiger partial charge in [-0.1, -0.05) is 41.5 Å². The van der Waals surface area contributed by atoms with Crippen LogP contribution in [0, 0.1) is 13.8 Å². The van der Waals surface area contributed by atoms with E-state index in [2.05, 4.69) is 16.5 Å². The topological polar surface area (TPSA) is 76.7 Å². The summed E-state index contributed by atoms with van der Waals surface area (Å²) >= 11 is 0. The number of benzene rings is 2. The number of nitrogens with zero attached hydrogens (tertiary/aromatic N) is 1. The zero-order valence-electron chi connectivity index (χ0n) is 13.5. The second kappa shape index (κ2) is 7.45. The summed E-state index contributed by atoms with van der Waals surface area (Å²) in [5.41, 5.74) is 4.88. The molecule has 1 unspecified atom stereocenters. The molecular weight excluding hydrogens is 290 g/mol. The number of carbonyl (C=O) groups excluding carboxylic acids is 1. The molecule has 0 fully saturated rings. The van der Waals surface area contributed by atoms with E-state index in [9.17, 15) is 4.79 Å². The number of ether oxygens (including phenoxy) is 1. The highest BCUT2D eigenvalue weighted by atomic mass is 16.6. The second-order valence-corrected chi connectivity index (χ2v) is 5.46. The first-order chi connectivity index (χ1) is 11.0. The van der Waals surface area contributed by atoms with Gasteiger partial charge in [-0.3, -0.25) is 4.79 Å². The standard InChI is InChI=1S/C18H21N3O2/c1-12-8-13(2)10-16(9-12)18(23-14(3)22)21-17-6-4-15(5-7-17)11-20-19/h4-11,18,21H,19H2,1-3H3. The predicted octanol–water partition coefficient (Wildman–Crippen LogP) is 3.27. The third-order valence-electron chi connectivity index (χ3n) is 3.26. The van der Waals surface area contributed by atoms with Gasteiger partial charge in [0.2, 0.25) is 0 Å². The average molecular weight is 311 g/mol. The van der Waals surface area contributed by atoms with Crippen LogP contribution in [-0.4, -0.2) is 12.2 Å². The summed E-state index contributed by atoms with van der Waals surface area (Å²) in [4.78, 5) is 11.4. The SMILES string of the molecule is CC(=O)OC(Nc1ccc(C=NN)cc1)c1cc(C)cc(C)c1. The lowest BCUT2D eigenvalue weighted by atomic mass is 10.1. The minimum Gasteiger partial charge on any atom is -0.438 e. The number of rotatable bonds is 5. The Morgan fingerprint density at radius 3 is 2.30 bits per heavy atom. The van der Waals surface area contributed by atoms with Crippen LogP contribution in [0.4, 0.5) is 5.69 Å². The van der Waals surface area contributed by atoms with Crippen LogP contribution in [0.3, 0.4) is 0 Å². The van der Waals surface area contributed by atoms with Crippen molar-refractivity contribution in [1.29, 1.82) is 0 Å². The van der Waals surface area contributed by atoms with Gasteiger partial charge in [-0.15, -0.1) is 0 Å². The fraction of sp³-hybridized carbons (Fsp3) is 0.222. The van der Waals surface area contributed by atoms with E-state index >= 15 is 0 Å². The van der Waals surface area contributed by atoms with Gasteiger partial charge in [-0.25, -0.2) is 0 Å². The largest absolute Gasteiger partial charge is 0.438 e. The number of carbonyl (C=O) groups is 1. The maximum absolute atomic E-state index is 11.4. The molecule has 0 heterocycles. The maximum atomic E-state index is 11.4. The second-order valence-electron chi connectivity index (χ2n) is 5.46. The monoisotopic (exact) mass is 311 g/mol. The van der Waals surface area contributed by atoms with Crippen LogP contribution in [0.25, 0.3) is 0 Å². The molecule has 0 saturated carbocycles. The predicted molar refractivity (Wildman–Crippen MR) is 92.3 cm³/mol. The van der Waals surface area contributed by atoms with Gasteiger partial charge < -0.3 is 15.9 Å². The van der Waals surface area contributed by atoms with Crippen LogP contribution >= 0.6 is 0 Å². The Kier molecular flexibility index (Phi) is 5.36. The minimum atomic E-state index is -0.542. The van der Waals surface area contributed by atoms with Crippen LogP contribution in [-0.2, 0) is 9.53 Å². The Labute approximate surface area is 136 Å². The first-order valence-electron chi connectivity index (χ1n) is 7.33. The number of aryl methyl sites for hydroxylation is 2. The van der Waals surface area contributed by atoms with Crippen LogP contribution in [0.15, 0.2) is 47.6 Å². The minimum absolute atomic E-state index is 0.339. The van der Waals surface area contributed by atoms with Gasteiger partial charge in [0.25, 0.3) is 0 Å². The molecule has 2 aromatic rings. The van der Waals surface area contributed by atoms with Crippen molar-refractivity contribution in [3.63, 3.8) is 0 Å². The number of nitrogens with one attached hydrogen (secondary N) is 1. The molecule has 5 nitrogen and oxygen atoms in total. The number of hydrogen-bond donors (Lipinski definition) is 2. The van der Waals surface area contributed by atoms with E-state index in [4.69, 9.17) is 10.6 Å². The van der Waals surface area contributed by atoms with E-state index in [1.165, 1.54) is 6.92 Å². The van der Waals surface area contributed by atoms with Crippen molar-refractivity contribution >= 4 is 17.9 Å². The number of esters is 1. The fourth-order valence-corrected chi connectivity index (χ4v) is 2.41. The third-order valence-corrected chi connectivity index (χ3v) is 3.26. The molecule has 0 bridgehead atoms. The molecule has 2 rings (SSSR count). The quantitative estimate of drug-likeness (QED) is 0.292. The number of hydrazone groups is 1. The fourth-order valence-electron chi connectivity index (χ4n) is 2.41. The number of anilines is 1. The zero-order valence-corrected chi connectivity index (χ0v) is 13.5. The molecule has 0 spiro atoms. The number of nitrogens with two attached hydrogens (primary N) is 1. The van der Waals surface area contributed by atoms with Crippen molar-refractivity contribution in [3.05, 3.63) is 64.7 Å².